The smallest absolute Gasteiger partial charge is 0.0456 e. The first-order chi connectivity index (χ1) is 11.9. The molecular formula is C22H29ClN2. The van der Waals surface area contributed by atoms with Gasteiger partial charge in [-0.05, 0) is 82.0 Å². The molecule has 0 saturated carbocycles. The van der Waals surface area contributed by atoms with E-state index in [1.165, 1.54) is 41.8 Å². The van der Waals surface area contributed by atoms with Crippen molar-refractivity contribution in [3.63, 3.8) is 0 Å². The van der Waals surface area contributed by atoms with Gasteiger partial charge in [0.2, 0.25) is 0 Å². The summed E-state index contributed by atoms with van der Waals surface area (Å²) >= 11 is 6.04. The number of nitrogens with zero attached hydrogens (tertiary/aromatic N) is 2. The van der Waals surface area contributed by atoms with Crippen molar-refractivity contribution in [2.45, 2.75) is 59.0 Å². The molecule has 0 aliphatic carbocycles. The van der Waals surface area contributed by atoms with Crippen LogP contribution in [0.5, 0.6) is 0 Å². The van der Waals surface area contributed by atoms with Crippen molar-refractivity contribution in [3.05, 3.63) is 58.9 Å². The molecule has 0 radical (unpaired) electrons. The average molecular weight is 357 g/mol. The Balaban J connectivity index is 1.86. The number of likely N-dealkylation sites (tertiary alicyclic amines) is 1. The molecule has 0 spiro atoms. The van der Waals surface area contributed by atoms with Gasteiger partial charge in [-0.3, -0.25) is 4.90 Å². The third-order valence-corrected chi connectivity index (χ3v) is 5.90. The molecule has 3 rings (SSSR count). The number of aromatic nitrogens is 1. The zero-order valence-electron chi connectivity index (χ0n) is 15.8. The number of halogens is 1. The maximum atomic E-state index is 6.04. The van der Waals surface area contributed by atoms with Crippen molar-refractivity contribution in [1.29, 1.82) is 0 Å². The highest BCUT2D eigenvalue weighted by Crippen LogP contribution is 2.29. The van der Waals surface area contributed by atoms with Crippen LogP contribution in [0.25, 0.3) is 11.3 Å². The molecule has 0 N–H and O–H groups in total. The molecular weight excluding hydrogens is 328 g/mol. The Bertz CT molecular complexity index is 747. The summed E-state index contributed by atoms with van der Waals surface area (Å²) in [5.41, 5.74) is 6.13. The summed E-state index contributed by atoms with van der Waals surface area (Å²) in [6, 6.07) is 11.6. The van der Waals surface area contributed by atoms with E-state index in [0.29, 0.717) is 12.1 Å². The predicted molar refractivity (Wildman–Crippen MR) is 109 cm³/mol. The van der Waals surface area contributed by atoms with Crippen LogP contribution in [-0.2, 0) is 0 Å². The highest BCUT2D eigenvalue weighted by Gasteiger charge is 2.26. The summed E-state index contributed by atoms with van der Waals surface area (Å²) < 4.78 is 2.29. The Morgan fingerprint density at radius 3 is 2.32 bits per heavy atom. The van der Waals surface area contributed by atoms with Gasteiger partial charge in [-0.15, -0.1) is 0 Å². The summed E-state index contributed by atoms with van der Waals surface area (Å²) in [5, 5.41) is 0.768. The zero-order chi connectivity index (χ0) is 18.1. The van der Waals surface area contributed by atoms with Crippen LogP contribution in [0.2, 0.25) is 5.02 Å². The number of benzene rings is 1. The number of rotatable bonds is 4. The lowest BCUT2D eigenvalue weighted by molar-refractivity contribution is 0.121. The van der Waals surface area contributed by atoms with Crippen molar-refractivity contribution in [3.8, 4) is 5.69 Å². The van der Waals surface area contributed by atoms with Crippen molar-refractivity contribution in [2.75, 3.05) is 6.54 Å². The number of piperidine rings is 1. The molecule has 134 valence electrons. The van der Waals surface area contributed by atoms with Crippen LogP contribution in [0.1, 0.15) is 50.1 Å². The van der Waals surface area contributed by atoms with Gasteiger partial charge in [-0.25, -0.2) is 0 Å². The largest absolute Gasteiger partial charge is 0.318 e. The third kappa shape index (κ3) is 3.70. The first kappa shape index (κ1) is 18.3. The van der Waals surface area contributed by atoms with Crippen LogP contribution >= 0.6 is 11.6 Å². The minimum absolute atomic E-state index is 0.639. The number of hydrogen-bond acceptors (Lipinski definition) is 1. The Morgan fingerprint density at radius 1 is 1.12 bits per heavy atom. The molecule has 2 unspecified atom stereocenters. The fraction of sp³-hybridized carbons (Fsp3) is 0.455. The molecule has 1 aromatic heterocycles. The van der Waals surface area contributed by atoms with Crippen molar-refractivity contribution in [1.82, 2.24) is 9.47 Å². The molecule has 0 amide bonds. The van der Waals surface area contributed by atoms with Crippen LogP contribution in [0.15, 0.2) is 36.9 Å². The van der Waals surface area contributed by atoms with E-state index >= 15 is 0 Å². The second-order valence-electron chi connectivity index (χ2n) is 7.50. The van der Waals surface area contributed by atoms with Gasteiger partial charge >= 0.3 is 0 Å². The van der Waals surface area contributed by atoms with E-state index in [0.717, 1.165) is 17.3 Å². The standard InChI is InChI=1S/C22H29ClN2/c1-15(14-24-16(2)7-6-8-17(24)3)22-13-18(4)25(19(22)5)21-11-9-20(23)10-12-21/h9-13,16-17H,1,6-8,14H2,2-5H3. The summed E-state index contributed by atoms with van der Waals surface area (Å²) in [6.45, 7) is 14.4. The normalized spacial score (nSPS) is 21.5. The van der Waals surface area contributed by atoms with Gasteiger partial charge < -0.3 is 4.57 Å². The van der Waals surface area contributed by atoms with E-state index in [9.17, 15) is 0 Å². The summed E-state index contributed by atoms with van der Waals surface area (Å²) in [4.78, 5) is 2.61. The van der Waals surface area contributed by atoms with Gasteiger partial charge in [0.05, 0.1) is 0 Å². The molecule has 1 aromatic carbocycles. The fourth-order valence-electron chi connectivity index (χ4n) is 4.20. The van der Waals surface area contributed by atoms with Crippen molar-refractivity contribution in [2.24, 2.45) is 0 Å². The highest BCUT2D eigenvalue weighted by molar-refractivity contribution is 6.30. The minimum atomic E-state index is 0.639. The molecule has 1 aliphatic rings. The molecule has 1 aliphatic heterocycles. The number of hydrogen-bond donors (Lipinski definition) is 0. The van der Waals surface area contributed by atoms with Crippen LogP contribution in [0, 0.1) is 13.8 Å². The third-order valence-electron chi connectivity index (χ3n) is 5.65. The fourth-order valence-corrected chi connectivity index (χ4v) is 4.33. The molecule has 2 heterocycles. The molecule has 2 aromatic rings. The molecule has 3 heteroatoms. The Morgan fingerprint density at radius 2 is 1.72 bits per heavy atom. The van der Waals surface area contributed by atoms with Gasteiger partial charge in [0.15, 0.2) is 0 Å². The second-order valence-corrected chi connectivity index (χ2v) is 7.94. The van der Waals surface area contributed by atoms with E-state index in [1.807, 2.05) is 12.1 Å². The van der Waals surface area contributed by atoms with E-state index in [-0.39, 0.29) is 0 Å². The van der Waals surface area contributed by atoms with Gasteiger partial charge in [0, 0.05) is 40.7 Å². The Labute approximate surface area is 157 Å². The lowest BCUT2D eigenvalue weighted by Gasteiger charge is -2.39. The van der Waals surface area contributed by atoms with E-state index in [2.05, 4.69) is 61.9 Å². The number of aryl methyl sites for hydroxylation is 1. The van der Waals surface area contributed by atoms with Gasteiger partial charge in [-0.1, -0.05) is 24.6 Å². The van der Waals surface area contributed by atoms with Gasteiger partial charge in [0.1, 0.15) is 0 Å². The maximum absolute atomic E-state index is 6.04. The molecule has 1 saturated heterocycles. The predicted octanol–water partition coefficient (Wildman–Crippen LogP) is 6.02. The Kier molecular flexibility index (Phi) is 5.41. The average Bonchev–Trinajstić information content (AvgIpc) is 2.87. The summed E-state index contributed by atoms with van der Waals surface area (Å²) in [5.74, 6) is 0. The van der Waals surface area contributed by atoms with Gasteiger partial charge in [0.25, 0.3) is 0 Å². The van der Waals surface area contributed by atoms with E-state index in [1.54, 1.807) is 0 Å². The van der Waals surface area contributed by atoms with Crippen LogP contribution < -0.4 is 0 Å². The monoisotopic (exact) mass is 356 g/mol. The van der Waals surface area contributed by atoms with Crippen molar-refractivity contribution >= 4 is 17.2 Å². The molecule has 0 bridgehead atoms. The SMILES string of the molecule is C=C(CN1C(C)CCCC1C)c1cc(C)n(-c2ccc(Cl)cc2)c1C. The first-order valence-electron chi connectivity index (χ1n) is 9.27. The van der Waals surface area contributed by atoms with E-state index < -0.39 is 0 Å². The highest BCUT2D eigenvalue weighted by atomic mass is 35.5. The van der Waals surface area contributed by atoms with Crippen molar-refractivity contribution < 1.29 is 0 Å². The Hall–Kier alpha value is -1.51. The van der Waals surface area contributed by atoms with Crippen LogP contribution in [0.4, 0.5) is 0 Å². The summed E-state index contributed by atoms with van der Waals surface area (Å²) in [6.07, 6.45) is 3.93. The lowest BCUT2D eigenvalue weighted by Crippen LogP contribution is -2.44. The second kappa shape index (κ2) is 7.39. The molecule has 2 nitrogen and oxygen atoms in total. The lowest BCUT2D eigenvalue weighted by atomic mass is 9.96. The first-order valence-corrected chi connectivity index (χ1v) is 9.65. The molecule has 25 heavy (non-hydrogen) atoms. The summed E-state index contributed by atoms with van der Waals surface area (Å²) in [7, 11) is 0. The van der Waals surface area contributed by atoms with Crippen LogP contribution in [-0.4, -0.2) is 28.1 Å². The topological polar surface area (TPSA) is 8.17 Å². The van der Waals surface area contributed by atoms with E-state index in [4.69, 9.17) is 11.6 Å². The van der Waals surface area contributed by atoms with Crippen LogP contribution in [0.3, 0.4) is 0 Å². The zero-order valence-corrected chi connectivity index (χ0v) is 16.6. The molecule has 1 fully saturated rings. The van der Waals surface area contributed by atoms with Gasteiger partial charge in [-0.2, -0.15) is 0 Å². The minimum Gasteiger partial charge on any atom is -0.318 e. The quantitative estimate of drug-likeness (QED) is 0.649. The molecule has 2 atom stereocenters. The maximum Gasteiger partial charge on any atom is 0.0456 e.